The van der Waals surface area contributed by atoms with E-state index in [2.05, 4.69) is 0 Å². The van der Waals surface area contributed by atoms with Crippen molar-refractivity contribution < 1.29 is 17.6 Å². The van der Waals surface area contributed by atoms with Gasteiger partial charge in [0.1, 0.15) is 5.82 Å². The summed E-state index contributed by atoms with van der Waals surface area (Å²) in [5.74, 6) is -0.514. The minimum Gasteiger partial charge on any atom is -0.207 e. The van der Waals surface area contributed by atoms with Crippen molar-refractivity contribution in [2.45, 2.75) is 6.18 Å². The van der Waals surface area contributed by atoms with E-state index in [0.29, 0.717) is 0 Å². The minimum atomic E-state index is -4.51. The van der Waals surface area contributed by atoms with E-state index in [-0.39, 0.29) is 16.1 Å². The molecule has 0 spiro atoms. The van der Waals surface area contributed by atoms with Crippen molar-refractivity contribution in [1.29, 1.82) is 0 Å². The Morgan fingerprint density at radius 3 is 2.06 bits per heavy atom. The summed E-state index contributed by atoms with van der Waals surface area (Å²) in [5.41, 5.74) is -0.734. The van der Waals surface area contributed by atoms with Crippen LogP contribution in [0.3, 0.4) is 0 Å². The number of hydrogen-bond donors (Lipinski definition) is 0. The fraction of sp³-hybridized carbons (Fsp3) is 0.0769. The summed E-state index contributed by atoms with van der Waals surface area (Å²) in [6.07, 6.45) is -4.51. The van der Waals surface area contributed by atoms with Gasteiger partial charge in [0.2, 0.25) is 0 Å². The van der Waals surface area contributed by atoms with Gasteiger partial charge in [0.25, 0.3) is 0 Å². The first-order valence-electron chi connectivity index (χ1n) is 5.01. The van der Waals surface area contributed by atoms with Crippen molar-refractivity contribution >= 4 is 11.6 Å². The van der Waals surface area contributed by atoms with Gasteiger partial charge in [0.05, 0.1) is 5.56 Å². The second-order valence-electron chi connectivity index (χ2n) is 3.67. The lowest BCUT2D eigenvalue weighted by molar-refractivity contribution is -0.137. The highest BCUT2D eigenvalue weighted by molar-refractivity contribution is 6.33. The van der Waals surface area contributed by atoms with Gasteiger partial charge in [0.15, 0.2) is 0 Å². The molecule has 2 aromatic rings. The second kappa shape index (κ2) is 4.61. The van der Waals surface area contributed by atoms with Crippen molar-refractivity contribution in [2.75, 3.05) is 0 Å². The monoisotopic (exact) mass is 274 g/mol. The Balaban J connectivity index is 2.66. The lowest BCUT2D eigenvalue weighted by atomic mass is 9.99. The quantitative estimate of drug-likeness (QED) is 0.630. The topological polar surface area (TPSA) is 0 Å². The van der Waals surface area contributed by atoms with E-state index < -0.39 is 17.6 Å². The maximum atomic E-state index is 12.9. The molecule has 94 valence electrons. The van der Waals surface area contributed by atoms with Crippen LogP contribution in [0.1, 0.15) is 5.56 Å². The van der Waals surface area contributed by atoms with Crippen LogP contribution in [0.2, 0.25) is 5.02 Å². The number of hydrogen-bond acceptors (Lipinski definition) is 0. The molecule has 0 aliphatic heterocycles. The van der Waals surface area contributed by atoms with Gasteiger partial charge in [-0.1, -0.05) is 29.8 Å². The van der Waals surface area contributed by atoms with Gasteiger partial charge in [-0.05, 0) is 29.8 Å². The van der Waals surface area contributed by atoms with Gasteiger partial charge in [-0.2, -0.15) is 13.2 Å². The SMILES string of the molecule is Fc1ccc(-c2c(Cl)cccc2C(F)(F)F)cc1. The predicted molar refractivity (Wildman–Crippen MR) is 61.8 cm³/mol. The fourth-order valence-electron chi connectivity index (χ4n) is 1.67. The summed E-state index contributed by atoms with van der Waals surface area (Å²) in [6.45, 7) is 0. The van der Waals surface area contributed by atoms with Gasteiger partial charge in [-0.15, -0.1) is 0 Å². The van der Waals surface area contributed by atoms with Crippen molar-refractivity contribution in [2.24, 2.45) is 0 Å². The van der Waals surface area contributed by atoms with E-state index in [1.54, 1.807) is 0 Å². The van der Waals surface area contributed by atoms with Crippen molar-refractivity contribution in [3.8, 4) is 11.1 Å². The summed E-state index contributed by atoms with van der Waals surface area (Å²) in [4.78, 5) is 0. The maximum Gasteiger partial charge on any atom is 0.417 e. The molecule has 0 aromatic heterocycles. The van der Waals surface area contributed by atoms with Crippen LogP contribution in [-0.2, 0) is 6.18 Å². The van der Waals surface area contributed by atoms with Gasteiger partial charge >= 0.3 is 6.18 Å². The fourth-order valence-corrected chi connectivity index (χ4v) is 1.95. The third kappa shape index (κ3) is 2.48. The molecule has 18 heavy (non-hydrogen) atoms. The second-order valence-corrected chi connectivity index (χ2v) is 4.07. The molecule has 0 fully saturated rings. The van der Waals surface area contributed by atoms with Crippen molar-refractivity contribution in [1.82, 2.24) is 0 Å². The Morgan fingerprint density at radius 1 is 0.889 bits per heavy atom. The number of benzene rings is 2. The highest BCUT2D eigenvalue weighted by Crippen LogP contribution is 2.40. The third-order valence-electron chi connectivity index (χ3n) is 2.45. The zero-order valence-electron chi connectivity index (χ0n) is 8.93. The van der Waals surface area contributed by atoms with E-state index in [9.17, 15) is 17.6 Å². The van der Waals surface area contributed by atoms with Crippen LogP contribution in [0.4, 0.5) is 17.6 Å². The molecular formula is C13H7ClF4. The third-order valence-corrected chi connectivity index (χ3v) is 2.77. The van der Waals surface area contributed by atoms with Crippen LogP contribution in [0.15, 0.2) is 42.5 Å². The standard InChI is InChI=1S/C13H7ClF4/c14-11-3-1-2-10(13(16,17)18)12(11)8-4-6-9(15)7-5-8/h1-7H. The molecule has 0 saturated carbocycles. The molecule has 0 heterocycles. The van der Waals surface area contributed by atoms with Crippen LogP contribution < -0.4 is 0 Å². The smallest absolute Gasteiger partial charge is 0.207 e. The van der Waals surface area contributed by atoms with Gasteiger partial charge in [-0.25, -0.2) is 4.39 Å². The van der Waals surface area contributed by atoms with Gasteiger partial charge < -0.3 is 0 Å². The highest BCUT2D eigenvalue weighted by Gasteiger charge is 2.34. The summed E-state index contributed by atoms with van der Waals surface area (Å²) in [7, 11) is 0. The molecule has 0 N–H and O–H groups in total. The normalized spacial score (nSPS) is 11.6. The first kappa shape index (κ1) is 12.9. The average molecular weight is 275 g/mol. The maximum absolute atomic E-state index is 12.9. The predicted octanol–water partition coefficient (Wildman–Crippen LogP) is 5.16. The molecule has 2 rings (SSSR count). The molecule has 0 amide bonds. The van der Waals surface area contributed by atoms with Gasteiger partial charge in [-0.3, -0.25) is 0 Å². The Hall–Kier alpha value is -1.55. The minimum absolute atomic E-state index is 0.0172. The molecular weight excluding hydrogens is 268 g/mol. The summed E-state index contributed by atoms with van der Waals surface area (Å²) in [6, 6.07) is 8.29. The zero-order chi connectivity index (χ0) is 13.3. The van der Waals surface area contributed by atoms with E-state index >= 15 is 0 Å². The van der Waals surface area contributed by atoms with Crippen LogP contribution >= 0.6 is 11.6 Å². The molecule has 0 bridgehead atoms. The van der Waals surface area contributed by atoms with Crippen molar-refractivity contribution in [3.05, 3.63) is 58.9 Å². The van der Waals surface area contributed by atoms with Crippen LogP contribution in [0, 0.1) is 5.82 Å². The molecule has 0 aliphatic carbocycles. The zero-order valence-corrected chi connectivity index (χ0v) is 9.69. The Labute approximate surface area is 106 Å². The lowest BCUT2D eigenvalue weighted by Gasteiger charge is -2.14. The van der Waals surface area contributed by atoms with E-state index in [1.165, 1.54) is 24.3 Å². The molecule has 0 atom stereocenters. The molecule has 5 heteroatoms. The first-order chi connectivity index (χ1) is 8.39. The molecule has 0 nitrogen and oxygen atoms in total. The van der Waals surface area contributed by atoms with E-state index in [4.69, 9.17) is 11.6 Å². The van der Waals surface area contributed by atoms with E-state index in [0.717, 1.165) is 18.2 Å². The number of halogens is 5. The average Bonchev–Trinajstić information content (AvgIpc) is 2.29. The molecule has 0 saturated heterocycles. The molecule has 0 aliphatic rings. The van der Waals surface area contributed by atoms with E-state index in [1.807, 2.05) is 0 Å². The highest BCUT2D eigenvalue weighted by atomic mass is 35.5. The molecule has 0 radical (unpaired) electrons. The molecule has 0 unspecified atom stereocenters. The van der Waals surface area contributed by atoms with Crippen molar-refractivity contribution in [3.63, 3.8) is 0 Å². The Morgan fingerprint density at radius 2 is 1.50 bits per heavy atom. The lowest BCUT2D eigenvalue weighted by Crippen LogP contribution is -2.07. The van der Waals surface area contributed by atoms with Crippen LogP contribution in [-0.4, -0.2) is 0 Å². The summed E-state index contributed by atoms with van der Waals surface area (Å²) < 4.78 is 51.4. The first-order valence-corrected chi connectivity index (χ1v) is 5.39. The van der Waals surface area contributed by atoms with Crippen LogP contribution in [0.25, 0.3) is 11.1 Å². The summed E-state index contributed by atoms with van der Waals surface area (Å²) in [5, 5.41) is -0.0172. The molecule has 2 aromatic carbocycles. The Kier molecular flexibility index (Phi) is 3.30. The summed E-state index contributed by atoms with van der Waals surface area (Å²) >= 11 is 5.82. The van der Waals surface area contributed by atoms with Crippen LogP contribution in [0.5, 0.6) is 0 Å². The van der Waals surface area contributed by atoms with Gasteiger partial charge in [0, 0.05) is 10.6 Å². The Bertz CT molecular complexity index is 558. The number of alkyl halides is 3. The largest absolute Gasteiger partial charge is 0.417 e. The number of rotatable bonds is 1.